The number of amides is 1. The van der Waals surface area contributed by atoms with Crippen molar-refractivity contribution in [1.82, 2.24) is 15.3 Å². The molecule has 0 atom stereocenters. The van der Waals surface area contributed by atoms with Crippen LogP contribution < -0.4 is 15.9 Å². The molecule has 0 aliphatic carbocycles. The minimum Gasteiger partial charge on any atom is -0.350 e. The van der Waals surface area contributed by atoms with Gasteiger partial charge in [-0.15, -0.1) is 0 Å². The number of pyridine rings is 1. The first kappa shape index (κ1) is 18.4. The quantitative estimate of drug-likeness (QED) is 0.480. The highest BCUT2D eigenvalue weighted by atomic mass is 35.5. The van der Waals surface area contributed by atoms with Crippen LogP contribution in [0.2, 0.25) is 5.02 Å². The van der Waals surface area contributed by atoms with Crippen molar-refractivity contribution < 1.29 is 13.2 Å². The molecule has 1 aromatic carbocycles. The molecule has 1 aliphatic heterocycles. The molecule has 4 rings (SSSR count). The Morgan fingerprint density at radius 3 is 2.79 bits per heavy atom. The summed E-state index contributed by atoms with van der Waals surface area (Å²) in [5.74, 6) is 0.117. The highest BCUT2D eigenvalue weighted by Gasteiger charge is 2.25. The molecule has 3 heterocycles. The Hall–Kier alpha value is -2.95. The van der Waals surface area contributed by atoms with Gasteiger partial charge in [0.05, 0.1) is 5.71 Å². The molecule has 0 saturated carbocycles. The number of halogens is 1. The molecular weight excluding hydrogens is 404 g/mol. The van der Waals surface area contributed by atoms with E-state index in [4.69, 9.17) is 16.7 Å². The van der Waals surface area contributed by atoms with E-state index in [1.54, 1.807) is 18.2 Å². The van der Waals surface area contributed by atoms with E-state index < -0.39 is 10.0 Å². The molecule has 5 N–H and O–H groups in total. The first-order valence-electron chi connectivity index (χ1n) is 8.24. The van der Waals surface area contributed by atoms with E-state index in [2.05, 4.69) is 25.8 Å². The number of nitrogens with two attached hydrogens (primary N) is 1. The topological polar surface area (TPSA) is 142 Å². The van der Waals surface area contributed by atoms with Gasteiger partial charge < -0.3 is 10.3 Å². The SMILES string of the molecule is NS(=O)(=O)c1ccc(N/N=C2/CCNC(=O)c3[nH]c4ccc(Cl)cc4c32)nc1. The van der Waals surface area contributed by atoms with Crippen LogP contribution in [0.1, 0.15) is 22.5 Å². The van der Waals surface area contributed by atoms with E-state index in [0.717, 1.165) is 17.1 Å². The van der Waals surface area contributed by atoms with E-state index in [9.17, 15) is 13.2 Å². The van der Waals surface area contributed by atoms with Crippen molar-refractivity contribution in [2.75, 3.05) is 12.0 Å². The third-order valence-electron chi connectivity index (χ3n) is 4.29. The number of hydrogen-bond donors (Lipinski definition) is 4. The predicted octanol–water partition coefficient (Wildman–Crippen LogP) is 1.81. The van der Waals surface area contributed by atoms with Gasteiger partial charge in [-0.3, -0.25) is 10.2 Å². The molecule has 28 heavy (non-hydrogen) atoms. The standard InChI is InChI=1S/C17H15ClN6O3S/c18-9-1-3-12-11(7-9)15-13(5-6-20-17(25)16(15)22-12)23-24-14-4-2-10(8-21-14)28(19,26)27/h1-4,7-8,22H,5-6H2,(H,20,25)(H,21,24)(H2,19,26,27)/b23-13-. The summed E-state index contributed by atoms with van der Waals surface area (Å²) in [4.78, 5) is 19.4. The summed E-state index contributed by atoms with van der Waals surface area (Å²) >= 11 is 6.13. The van der Waals surface area contributed by atoms with E-state index in [1.165, 1.54) is 12.1 Å². The van der Waals surface area contributed by atoms with E-state index in [0.29, 0.717) is 40.8 Å². The fraction of sp³-hybridized carbons (Fsp3) is 0.118. The van der Waals surface area contributed by atoms with Gasteiger partial charge in [-0.05, 0) is 30.3 Å². The van der Waals surface area contributed by atoms with Crippen LogP contribution in [0.15, 0.2) is 46.5 Å². The summed E-state index contributed by atoms with van der Waals surface area (Å²) < 4.78 is 22.6. The summed E-state index contributed by atoms with van der Waals surface area (Å²) in [6.07, 6.45) is 1.63. The largest absolute Gasteiger partial charge is 0.350 e. The minimum absolute atomic E-state index is 0.0940. The Morgan fingerprint density at radius 2 is 2.07 bits per heavy atom. The van der Waals surface area contributed by atoms with Crippen LogP contribution in [0.5, 0.6) is 0 Å². The zero-order valence-corrected chi connectivity index (χ0v) is 15.9. The third kappa shape index (κ3) is 3.44. The van der Waals surface area contributed by atoms with Gasteiger partial charge in [0.15, 0.2) is 0 Å². The highest BCUT2D eigenvalue weighted by Crippen LogP contribution is 2.28. The van der Waals surface area contributed by atoms with Gasteiger partial charge in [0.1, 0.15) is 16.4 Å². The number of primary sulfonamides is 1. The van der Waals surface area contributed by atoms with E-state index >= 15 is 0 Å². The highest BCUT2D eigenvalue weighted by molar-refractivity contribution is 7.89. The normalized spacial score (nSPS) is 15.9. The lowest BCUT2D eigenvalue weighted by molar-refractivity contribution is 0.0952. The summed E-state index contributed by atoms with van der Waals surface area (Å²) in [6, 6.07) is 8.11. The van der Waals surface area contributed by atoms with Crippen molar-refractivity contribution in [3.05, 3.63) is 52.8 Å². The second-order valence-corrected chi connectivity index (χ2v) is 8.16. The minimum atomic E-state index is -3.82. The van der Waals surface area contributed by atoms with Crippen LogP contribution in [0, 0.1) is 0 Å². The van der Waals surface area contributed by atoms with Crippen LogP contribution in [-0.4, -0.2) is 36.5 Å². The molecule has 0 radical (unpaired) electrons. The van der Waals surface area contributed by atoms with Crippen LogP contribution >= 0.6 is 11.6 Å². The zero-order valence-electron chi connectivity index (χ0n) is 14.4. The van der Waals surface area contributed by atoms with Crippen LogP contribution in [0.3, 0.4) is 0 Å². The number of sulfonamides is 1. The Kier molecular flexibility index (Phi) is 4.53. The van der Waals surface area contributed by atoms with Crippen molar-refractivity contribution in [2.45, 2.75) is 11.3 Å². The number of hydrazone groups is 1. The number of H-pyrrole nitrogens is 1. The molecule has 0 saturated heterocycles. The average molecular weight is 419 g/mol. The Morgan fingerprint density at radius 1 is 1.25 bits per heavy atom. The third-order valence-corrected chi connectivity index (χ3v) is 5.43. The van der Waals surface area contributed by atoms with Crippen molar-refractivity contribution in [2.24, 2.45) is 10.2 Å². The van der Waals surface area contributed by atoms with Crippen molar-refractivity contribution in [1.29, 1.82) is 0 Å². The smallest absolute Gasteiger partial charge is 0.268 e. The molecule has 1 amide bonds. The molecule has 2 aromatic heterocycles. The first-order valence-corrected chi connectivity index (χ1v) is 10.2. The molecule has 0 spiro atoms. The number of aromatic nitrogens is 2. The molecular formula is C17H15ClN6O3S. The molecule has 144 valence electrons. The fourth-order valence-electron chi connectivity index (χ4n) is 2.99. The van der Waals surface area contributed by atoms with Crippen LogP contribution in [0.4, 0.5) is 5.82 Å². The lowest BCUT2D eigenvalue weighted by atomic mass is 10.0. The Balaban J connectivity index is 1.74. The van der Waals surface area contributed by atoms with Gasteiger partial charge in [-0.1, -0.05) is 11.6 Å². The van der Waals surface area contributed by atoms with Crippen molar-refractivity contribution >= 4 is 50.0 Å². The first-order chi connectivity index (χ1) is 13.3. The van der Waals surface area contributed by atoms with Crippen LogP contribution in [-0.2, 0) is 10.0 Å². The number of hydrogen-bond acceptors (Lipinski definition) is 6. The second-order valence-electron chi connectivity index (χ2n) is 6.17. The summed E-state index contributed by atoms with van der Waals surface area (Å²) in [6.45, 7) is 0.418. The summed E-state index contributed by atoms with van der Waals surface area (Å²) in [7, 11) is -3.82. The fourth-order valence-corrected chi connectivity index (χ4v) is 3.62. The van der Waals surface area contributed by atoms with Gasteiger partial charge in [-0.25, -0.2) is 18.5 Å². The second kappa shape index (κ2) is 6.89. The predicted molar refractivity (Wildman–Crippen MR) is 106 cm³/mol. The lowest BCUT2D eigenvalue weighted by Crippen LogP contribution is -2.23. The molecule has 1 aliphatic rings. The average Bonchev–Trinajstić information content (AvgIpc) is 2.95. The summed E-state index contributed by atoms with van der Waals surface area (Å²) in [5.41, 5.74) is 5.29. The lowest BCUT2D eigenvalue weighted by Gasteiger charge is -2.06. The molecule has 11 heteroatoms. The number of anilines is 1. The van der Waals surface area contributed by atoms with Gasteiger partial charge in [0.2, 0.25) is 10.0 Å². The van der Waals surface area contributed by atoms with Crippen molar-refractivity contribution in [3.63, 3.8) is 0 Å². The number of rotatable bonds is 3. The number of nitrogens with zero attached hydrogens (tertiary/aromatic N) is 2. The maximum Gasteiger partial charge on any atom is 0.268 e. The van der Waals surface area contributed by atoms with Gasteiger partial charge >= 0.3 is 0 Å². The number of carbonyl (C=O) groups excluding carboxylic acids is 1. The van der Waals surface area contributed by atoms with Gasteiger partial charge in [0.25, 0.3) is 5.91 Å². The van der Waals surface area contributed by atoms with Gasteiger partial charge in [0, 0.05) is 40.7 Å². The summed E-state index contributed by atoms with van der Waals surface area (Å²) in [5, 5.41) is 13.6. The molecule has 0 bridgehead atoms. The number of benzene rings is 1. The number of carbonyl (C=O) groups is 1. The maximum atomic E-state index is 12.4. The van der Waals surface area contributed by atoms with E-state index in [-0.39, 0.29) is 10.8 Å². The molecule has 0 fully saturated rings. The number of aromatic amines is 1. The van der Waals surface area contributed by atoms with Crippen molar-refractivity contribution in [3.8, 4) is 0 Å². The zero-order chi connectivity index (χ0) is 19.9. The Bertz CT molecular complexity index is 1220. The van der Waals surface area contributed by atoms with Gasteiger partial charge in [-0.2, -0.15) is 5.10 Å². The monoisotopic (exact) mass is 418 g/mol. The van der Waals surface area contributed by atoms with Crippen LogP contribution in [0.25, 0.3) is 10.9 Å². The Labute approximate surface area is 165 Å². The number of nitrogens with one attached hydrogen (secondary N) is 3. The molecule has 9 nitrogen and oxygen atoms in total. The number of fused-ring (bicyclic) bond motifs is 3. The van der Waals surface area contributed by atoms with E-state index in [1.807, 2.05) is 0 Å². The molecule has 3 aromatic rings. The molecule has 0 unspecified atom stereocenters. The maximum absolute atomic E-state index is 12.4.